The van der Waals surface area contributed by atoms with Crippen LogP contribution in [-0.4, -0.2) is 9.97 Å². The number of hydrogen-bond acceptors (Lipinski definition) is 2. The summed E-state index contributed by atoms with van der Waals surface area (Å²) in [6, 6.07) is 6.69. The van der Waals surface area contributed by atoms with Crippen LogP contribution in [0, 0.1) is 5.82 Å². The lowest BCUT2D eigenvalue weighted by atomic mass is 10.1. The van der Waals surface area contributed by atoms with Gasteiger partial charge >= 0.3 is 0 Å². The molecule has 1 heterocycles. The van der Waals surface area contributed by atoms with E-state index < -0.39 is 0 Å². The van der Waals surface area contributed by atoms with Crippen LogP contribution in [0.2, 0.25) is 5.15 Å². The van der Waals surface area contributed by atoms with Gasteiger partial charge in [0.05, 0.1) is 0 Å². The second-order valence-corrected chi connectivity index (χ2v) is 4.84. The van der Waals surface area contributed by atoms with Crippen LogP contribution in [0.4, 0.5) is 4.39 Å². The number of halogens is 2. The molecule has 0 saturated heterocycles. The molecule has 2 aromatic rings. The van der Waals surface area contributed by atoms with E-state index in [0.29, 0.717) is 23.0 Å². The van der Waals surface area contributed by atoms with Crippen molar-refractivity contribution >= 4 is 11.6 Å². The Morgan fingerprint density at radius 3 is 2.83 bits per heavy atom. The first kappa shape index (κ1) is 11.6. The molecule has 1 aliphatic carbocycles. The highest BCUT2D eigenvalue weighted by atomic mass is 35.5. The fraction of sp³-hybridized carbons (Fsp3) is 0.286. The molecule has 0 fully saturated rings. The summed E-state index contributed by atoms with van der Waals surface area (Å²) in [5.41, 5.74) is 2.70. The molecule has 3 rings (SSSR count). The minimum Gasteiger partial charge on any atom is -0.237 e. The molecule has 0 saturated carbocycles. The van der Waals surface area contributed by atoms with Crippen LogP contribution < -0.4 is 0 Å². The minimum atomic E-state index is -0.224. The van der Waals surface area contributed by atoms with Crippen molar-refractivity contribution in [1.29, 1.82) is 0 Å². The van der Waals surface area contributed by atoms with Gasteiger partial charge in [-0.1, -0.05) is 29.8 Å². The standard InChI is InChI=1S/C14H12ClFN2/c15-14-10-5-3-7-12(10)17-13(18-14)8-9-4-1-2-6-11(9)16/h1-2,4,6H,3,5,7-8H2. The number of nitrogens with zero attached hydrogens (tertiary/aromatic N) is 2. The first-order valence-corrected chi connectivity index (χ1v) is 6.39. The Bertz CT molecular complexity index is 598. The van der Waals surface area contributed by atoms with E-state index in [-0.39, 0.29) is 5.82 Å². The predicted molar refractivity (Wildman–Crippen MR) is 68.3 cm³/mol. The van der Waals surface area contributed by atoms with Crippen LogP contribution in [0.25, 0.3) is 0 Å². The molecule has 92 valence electrons. The molecule has 1 aromatic carbocycles. The van der Waals surface area contributed by atoms with Crippen LogP contribution in [0.15, 0.2) is 24.3 Å². The predicted octanol–water partition coefficient (Wildman–Crippen LogP) is 3.35. The summed E-state index contributed by atoms with van der Waals surface area (Å²) in [6.07, 6.45) is 3.36. The van der Waals surface area contributed by atoms with Gasteiger partial charge in [-0.05, 0) is 30.9 Å². The van der Waals surface area contributed by atoms with E-state index in [9.17, 15) is 4.39 Å². The monoisotopic (exact) mass is 262 g/mol. The maximum atomic E-state index is 13.6. The van der Waals surface area contributed by atoms with Crippen molar-refractivity contribution in [3.05, 3.63) is 57.9 Å². The molecule has 0 aliphatic heterocycles. The molecule has 2 nitrogen and oxygen atoms in total. The Morgan fingerprint density at radius 1 is 1.17 bits per heavy atom. The van der Waals surface area contributed by atoms with Gasteiger partial charge in [0, 0.05) is 17.7 Å². The third-order valence-corrected chi connectivity index (χ3v) is 3.55. The summed E-state index contributed by atoms with van der Waals surface area (Å²) in [4.78, 5) is 8.76. The van der Waals surface area contributed by atoms with Crippen molar-refractivity contribution < 1.29 is 4.39 Å². The Labute approximate surface area is 110 Å². The molecule has 0 bridgehead atoms. The van der Waals surface area contributed by atoms with Gasteiger partial charge < -0.3 is 0 Å². The highest BCUT2D eigenvalue weighted by Crippen LogP contribution is 2.26. The highest BCUT2D eigenvalue weighted by molar-refractivity contribution is 6.30. The second kappa shape index (κ2) is 4.65. The Hall–Kier alpha value is -1.48. The van der Waals surface area contributed by atoms with Gasteiger partial charge in [-0.25, -0.2) is 14.4 Å². The summed E-state index contributed by atoms with van der Waals surface area (Å²) in [7, 11) is 0. The molecular weight excluding hydrogens is 251 g/mol. The first-order valence-electron chi connectivity index (χ1n) is 6.01. The smallest absolute Gasteiger partial charge is 0.136 e. The average Bonchev–Trinajstić information content (AvgIpc) is 2.81. The number of hydrogen-bond donors (Lipinski definition) is 0. The van der Waals surface area contributed by atoms with Gasteiger partial charge in [0.1, 0.15) is 16.8 Å². The zero-order valence-electron chi connectivity index (χ0n) is 9.79. The van der Waals surface area contributed by atoms with Crippen LogP contribution in [0.3, 0.4) is 0 Å². The zero-order chi connectivity index (χ0) is 12.5. The average molecular weight is 263 g/mol. The van der Waals surface area contributed by atoms with Crippen molar-refractivity contribution in [1.82, 2.24) is 9.97 Å². The number of aromatic nitrogens is 2. The number of fused-ring (bicyclic) bond motifs is 1. The molecule has 0 radical (unpaired) electrons. The summed E-state index contributed by atoms with van der Waals surface area (Å²) >= 11 is 6.14. The number of rotatable bonds is 2. The van der Waals surface area contributed by atoms with Crippen molar-refractivity contribution in [2.45, 2.75) is 25.7 Å². The van der Waals surface area contributed by atoms with Crippen LogP contribution in [0.1, 0.15) is 29.1 Å². The van der Waals surface area contributed by atoms with Crippen molar-refractivity contribution in [3.8, 4) is 0 Å². The zero-order valence-corrected chi connectivity index (χ0v) is 10.5. The van der Waals surface area contributed by atoms with Gasteiger partial charge in [0.25, 0.3) is 0 Å². The molecule has 0 N–H and O–H groups in total. The molecule has 0 unspecified atom stereocenters. The maximum Gasteiger partial charge on any atom is 0.136 e. The van der Waals surface area contributed by atoms with Gasteiger partial charge in [-0.2, -0.15) is 0 Å². The Kier molecular flexibility index (Phi) is 3.00. The van der Waals surface area contributed by atoms with E-state index in [1.165, 1.54) is 6.07 Å². The summed E-state index contributed by atoms with van der Waals surface area (Å²) in [5.74, 6) is 0.378. The second-order valence-electron chi connectivity index (χ2n) is 4.48. The summed E-state index contributed by atoms with van der Waals surface area (Å²) in [6.45, 7) is 0. The minimum absolute atomic E-state index is 0.224. The van der Waals surface area contributed by atoms with E-state index in [2.05, 4.69) is 9.97 Å². The third-order valence-electron chi connectivity index (χ3n) is 3.24. The van der Waals surface area contributed by atoms with Crippen LogP contribution in [-0.2, 0) is 19.3 Å². The van der Waals surface area contributed by atoms with Crippen molar-refractivity contribution in [3.63, 3.8) is 0 Å². The molecule has 0 spiro atoms. The fourth-order valence-corrected chi connectivity index (χ4v) is 2.63. The van der Waals surface area contributed by atoms with Crippen molar-refractivity contribution in [2.75, 3.05) is 0 Å². The molecule has 18 heavy (non-hydrogen) atoms. The SMILES string of the molecule is Fc1ccccc1Cc1nc(Cl)c2c(n1)CCC2. The topological polar surface area (TPSA) is 25.8 Å². The maximum absolute atomic E-state index is 13.6. The quantitative estimate of drug-likeness (QED) is 0.776. The van der Waals surface area contributed by atoms with Crippen LogP contribution in [0.5, 0.6) is 0 Å². The Morgan fingerprint density at radius 2 is 2.00 bits per heavy atom. The van der Waals surface area contributed by atoms with Gasteiger partial charge in [0.2, 0.25) is 0 Å². The number of benzene rings is 1. The molecule has 0 amide bonds. The normalized spacial score (nSPS) is 13.7. The van der Waals surface area contributed by atoms with Gasteiger partial charge in [-0.15, -0.1) is 0 Å². The Balaban J connectivity index is 1.95. The van der Waals surface area contributed by atoms with E-state index in [1.807, 2.05) is 6.07 Å². The van der Waals surface area contributed by atoms with E-state index in [0.717, 1.165) is 30.5 Å². The van der Waals surface area contributed by atoms with E-state index >= 15 is 0 Å². The lowest BCUT2D eigenvalue weighted by molar-refractivity contribution is 0.612. The third kappa shape index (κ3) is 2.10. The lowest BCUT2D eigenvalue weighted by Crippen LogP contribution is -2.03. The largest absolute Gasteiger partial charge is 0.237 e. The molecule has 1 aliphatic rings. The fourth-order valence-electron chi connectivity index (χ4n) is 2.33. The molecule has 0 atom stereocenters. The summed E-state index contributed by atoms with van der Waals surface area (Å²) < 4.78 is 13.6. The lowest BCUT2D eigenvalue weighted by Gasteiger charge is -2.06. The van der Waals surface area contributed by atoms with Crippen molar-refractivity contribution in [2.24, 2.45) is 0 Å². The first-order chi connectivity index (χ1) is 8.74. The van der Waals surface area contributed by atoms with Gasteiger partial charge in [-0.3, -0.25) is 0 Å². The molecule has 4 heteroatoms. The molecular formula is C14H12ClFN2. The van der Waals surface area contributed by atoms with Gasteiger partial charge in [0.15, 0.2) is 0 Å². The van der Waals surface area contributed by atoms with Crippen LogP contribution >= 0.6 is 11.6 Å². The molecule has 1 aromatic heterocycles. The summed E-state index contributed by atoms with van der Waals surface area (Å²) in [5, 5.41) is 0.531. The van der Waals surface area contributed by atoms with E-state index in [1.54, 1.807) is 12.1 Å². The number of aryl methyl sites for hydroxylation is 1. The van der Waals surface area contributed by atoms with E-state index in [4.69, 9.17) is 11.6 Å². The highest BCUT2D eigenvalue weighted by Gasteiger charge is 2.18.